The molecule has 3 atom stereocenters. The Morgan fingerprint density at radius 3 is 2.52 bits per heavy atom. The summed E-state index contributed by atoms with van der Waals surface area (Å²) < 4.78 is 56.2. The average molecular weight is 408 g/mol. The van der Waals surface area contributed by atoms with Gasteiger partial charge in [0, 0.05) is 5.56 Å². The van der Waals surface area contributed by atoms with E-state index >= 15 is 0 Å². The van der Waals surface area contributed by atoms with Crippen LogP contribution in [0.4, 0.5) is 13.2 Å². The number of carbonyl (C=O) groups is 1. The van der Waals surface area contributed by atoms with Crippen LogP contribution in [0.5, 0.6) is 11.5 Å². The summed E-state index contributed by atoms with van der Waals surface area (Å²) in [6, 6.07) is 3.01. The maximum absolute atomic E-state index is 13.7. The Morgan fingerprint density at radius 2 is 2.00 bits per heavy atom. The number of halogens is 3. The number of alkyl halides is 3. The fraction of sp³-hybridized carbons (Fsp3) is 0.500. The topological polar surface area (TPSA) is 89.1 Å². The van der Waals surface area contributed by atoms with Gasteiger partial charge in [0.2, 0.25) is 0 Å². The van der Waals surface area contributed by atoms with E-state index in [1.807, 2.05) is 0 Å². The third-order valence-corrected chi connectivity index (χ3v) is 4.34. The number of hydrogen-bond acceptors (Lipinski definition) is 6. The van der Waals surface area contributed by atoms with Gasteiger partial charge in [-0.2, -0.15) is 13.2 Å². The van der Waals surface area contributed by atoms with Crippen LogP contribution < -0.4 is 20.1 Å². The molecule has 1 saturated heterocycles. The Bertz CT molecular complexity index is 730. The summed E-state index contributed by atoms with van der Waals surface area (Å²) in [6.45, 7) is 1.27. The summed E-state index contributed by atoms with van der Waals surface area (Å²) in [6.07, 6.45) is -5.22. The van der Waals surface area contributed by atoms with Crippen LogP contribution in [0.25, 0.3) is 0 Å². The van der Waals surface area contributed by atoms with Gasteiger partial charge < -0.3 is 30.0 Å². The molecule has 1 fully saturated rings. The number of aliphatic hydroxyl groups is 1. The molecule has 27 heavy (non-hydrogen) atoms. The van der Waals surface area contributed by atoms with E-state index in [1.165, 1.54) is 39.3 Å². The summed E-state index contributed by atoms with van der Waals surface area (Å²) in [5.74, 6) is -2.87. The van der Waals surface area contributed by atoms with E-state index in [9.17, 15) is 23.1 Å². The van der Waals surface area contributed by atoms with Crippen molar-refractivity contribution in [2.45, 2.75) is 24.9 Å². The quantitative estimate of drug-likeness (QED) is 0.501. The van der Waals surface area contributed by atoms with Crippen LogP contribution in [0.3, 0.4) is 0 Å². The fourth-order valence-electron chi connectivity index (χ4n) is 2.88. The number of esters is 1. The number of rotatable bonds is 5. The van der Waals surface area contributed by atoms with Crippen molar-refractivity contribution < 1.29 is 37.3 Å². The molecule has 150 valence electrons. The van der Waals surface area contributed by atoms with Crippen LogP contribution in [0.2, 0.25) is 0 Å². The zero-order valence-electron chi connectivity index (χ0n) is 14.7. The third kappa shape index (κ3) is 3.88. The van der Waals surface area contributed by atoms with E-state index < -0.39 is 34.9 Å². The number of nitrogens with one attached hydrogen (secondary N) is 2. The van der Waals surface area contributed by atoms with Crippen LogP contribution in [0.15, 0.2) is 18.2 Å². The van der Waals surface area contributed by atoms with Gasteiger partial charge in [-0.1, -0.05) is 0 Å². The Kier molecular flexibility index (Phi) is 6.05. The summed E-state index contributed by atoms with van der Waals surface area (Å²) in [5, 5.41) is 14.3. The summed E-state index contributed by atoms with van der Waals surface area (Å²) >= 11 is 4.84. The second-order valence-corrected chi connectivity index (χ2v) is 6.09. The van der Waals surface area contributed by atoms with E-state index in [-0.39, 0.29) is 17.9 Å². The lowest BCUT2D eigenvalue weighted by Gasteiger charge is -2.45. The SMILES string of the molecule is CCOC(=O)[C@@H]1[C@@H](c2cc(OC)ccc2OC)NC(=S)N[C@@]1(O)C(F)(F)F. The number of carbonyl (C=O) groups excluding carboxylic acids is 1. The van der Waals surface area contributed by atoms with E-state index in [4.69, 9.17) is 26.4 Å². The molecule has 1 heterocycles. The summed E-state index contributed by atoms with van der Waals surface area (Å²) in [5.41, 5.74) is -3.50. The highest BCUT2D eigenvalue weighted by molar-refractivity contribution is 7.80. The first-order valence-electron chi connectivity index (χ1n) is 7.85. The van der Waals surface area contributed by atoms with E-state index in [0.717, 1.165) is 0 Å². The van der Waals surface area contributed by atoms with Gasteiger partial charge in [-0.05, 0) is 37.3 Å². The Morgan fingerprint density at radius 1 is 1.33 bits per heavy atom. The number of thiocarbonyl (C=S) groups is 1. The average Bonchev–Trinajstić information content (AvgIpc) is 2.59. The lowest BCUT2D eigenvalue weighted by Crippen LogP contribution is -2.73. The molecule has 0 radical (unpaired) electrons. The predicted molar refractivity (Wildman–Crippen MR) is 92.3 cm³/mol. The van der Waals surface area contributed by atoms with Gasteiger partial charge in [0.05, 0.1) is 26.9 Å². The highest BCUT2D eigenvalue weighted by Crippen LogP contribution is 2.45. The second kappa shape index (κ2) is 7.77. The van der Waals surface area contributed by atoms with Crippen molar-refractivity contribution in [2.75, 3.05) is 20.8 Å². The molecule has 0 aliphatic carbocycles. The van der Waals surface area contributed by atoms with E-state index in [1.54, 1.807) is 5.32 Å². The molecule has 1 aromatic carbocycles. The minimum atomic E-state index is -5.22. The van der Waals surface area contributed by atoms with Crippen LogP contribution >= 0.6 is 12.2 Å². The molecular formula is C16H19F3N2O5S. The molecule has 0 bridgehead atoms. The smallest absolute Gasteiger partial charge is 0.437 e. The van der Waals surface area contributed by atoms with Gasteiger partial charge >= 0.3 is 12.1 Å². The number of methoxy groups -OCH3 is 2. The standard InChI is InChI=1S/C16H19F3N2O5S/c1-4-26-13(22)11-12(9-7-8(24-2)5-6-10(9)25-3)20-14(27)21-15(11,23)16(17,18)19/h5-7,11-12,23H,4H2,1-3H3,(H2,20,21,27)/t11-,12+,15-/m0/s1. The highest BCUT2D eigenvalue weighted by Gasteiger charge is 2.66. The highest BCUT2D eigenvalue weighted by atomic mass is 32.1. The molecular weight excluding hydrogens is 389 g/mol. The van der Waals surface area contributed by atoms with E-state index in [2.05, 4.69) is 5.32 Å². The lowest BCUT2D eigenvalue weighted by molar-refractivity contribution is -0.292. The van der Waals surface area contributed by atoms with Gasteiger partial charge in [0.1, 0.15) is 17.4 Å². The monoisotopic (exact) mass is 408 g/mol. The molecule has 7 nitrogen and oxygen atoms in total. The van der Waals surface area contributed by atoms with Crippen molar-refractivity contribution in [1.82, 2.24) is 10.6 Å². The summed E-state index contributed by atoms with van der Waals surface area (Å²) in [7, 11) is 2.70. The van der Waals surface area contributed by atoms with Crippen molar-refractivity contribution >= 4 is 23.3 Å². The molecule has 0 aromatic heterocycles. The zero-order chi connectivity index (χ0) is 20.4. The first kappa shape index (κ1) is 21.0. The van der Waals surface area contributed by atoms with Crippen molar-refractivity contribution in [3.05, 3.63) is 23.8 Å². The van der Waals surface area contributed by atoms with Crippen molar-refractivity contribution in [3.8, 4) is 11.5 Å². The van der Waals surface area contributed by atoms with Gasteiger partial charge in [-0.3, -0.25) is 4.79 Å². The van der Waals surface area contributed by atoms with Gasteiger partial charge in [-0.15, -0.1) is 0 Å². The van der Waals surface area contributed by atoms with Gasteiger partial charge in [-0.25, -0.2) is 0 Å². The Hall–Kier alpha value is -2.27. The number of hydrogen-bond donors (Lipinski definition) is 3. The number of benzene rings is 1. The first-order chi connectivity index (χ1) is 12.6. The van der Waals surface area contributed by atoms with Crippen LogP contribution in [-0.4, -0.2) is 48.9 Å². The molecule has 11 heteroatoms. The van der Waals surface area contributed by atoms with Crippen LogP contribution in [-0.2, 0) is 9.53 Å². The molecule has 0 saturated carbocycles. The van der Waals surface area contributed by atoms with Gasteiger partial charge in [0.25, 0.3) is 5.72 Å². The first-order valence-corrected chi connectivity index (χ1v) is 8.26. The van der Waals surface area contributed by atoms with Crippen LogP contribution in [0, 0.1) is 5.92 Å². The third-order valence-electron chi connectivity index (χ3n) is 4.12. The van der Waals surface area contributed by atoms with Gasteiger partial charge in [0.15, 0.2) is 5.11 Å². The maximum atomic E-state index is 13.7. The van der Waals surface area contributed by atoms with Crippen molar-refractivity contribution in [1.29, 1.82) is 0 Å². The largest absolute Gasteiger partial charge is 0.497 e. The molecule has 0 spiro atoms. The number of ether oxygens (including phenoxy) is 3. The molecule has 1 aromatic rings. The molecule has 3 N–H and O–H groups in total. The molecule has 2 rings (SSSR count). The molecule has 1 aliphatic heterocycles. The normalized spacial score (nSPS) is 25.2. The predicted octanol–water partition coefficient (Wildman–Crippen LogP) is 1.65. The van der Waals surface area contributed by atoms with E-state index in [0.29, 0.717) is 5.75 Å². The van der Waals surface area contributed by atoms with Crippen molar-refractivity contribution in [3.63, 3.8) is 0 Å². The molecule has 1 aliphatic rings. The lowest BCUT2D eigenvalue weighted by atomic mass is 9.81. The Balaban J connectivity index is 2.67. The maximum Gasteiger partial charge on any atom is 0.437 e. The zero-order valence-corrected chi connectivity index (χ0v) is 15.5. The Labute approximate surface area is 158 Å². The van der Waals surface area contributed by atoms with Crippen LogP contribution in [0.1, 0.15) is 18.5 Å². The minimum Gasteiger partial charge on any atom is -0.497 e. The second-order valence-electron chi connectivity index (χ2n) is 5.68. The molecule has 0 amide bonds. The minimum absolute atomic E-state index is 0.140. The molecule has 0 unspecified atom stereocenters. The summed E-state index contributed by atoms with van der Waals surface area (Å²) in [4.78, 5) is 12.4. The fourth-order valence-corrected chi connectivity index (χ4v) is 3.16. The van der Waals surface area contributed by atoms with Crippen molar-refractivity contribution in [2.24, 2.45) is 5.92 Å².